The fourth-order valence-corrected chi connectivity index (χ4v) is 1.87. The molecule has 1 aromatic rings. The van der Waals surface area contributed by atoms with Gasteiger partial charge in [-0.25, -0.2) is 5.48 Å². The molecule has 0 aliphatic heterocycles. The Kier molecular flexibility index (Phi) is 3.97. The summed E-state index contributed by atoms with van der Waals surface area (Å²) in [6.07, 6.45) is 3.67. The average molecular weight is 260 g/mol. The van der Waals surface area contributed by atoms with E-state index in [9.17, 15) is 9.59 Å². The number of carbonyl (C=O) groups excluding carboxylic acids is 2. The van der Waals surface area contributed by atoms with E-state index in [1.165, 1.54) is 17.6 Å². The fourth-order valence-electron chi connectivity index (χ4n) is 1.87. The molecule has 0 spiro atoms. The maximum absolute atomic E-state index is 11.9. The molecule has 19 heavy (non-hydrogen) atoms. The highest BCUT2D eigenvalue weighted by Gasteiger charge is 2.39. The van der Waals surface area contributed by atoms with Gasteiger partial charge in [0.15, 0.2) is 0 Å². The Labute approximate surface area is 111 Å². The Morgan fingerprint density at radius 2 is 2.05 bits per heavy atom. The van der Waals surface area contributed by atoms with Crippen LogP contribution < -0.4 is 10.8 Å². The van der Waals surface area contributed by atoms with Gasteiger partial charge in [0, 0.05) is 17.7 Å². The third kappa shape index (κ3) is 3.42. The summed E-state index contributed by atoms with van der Waals surface area (Å²) in [5.74, 6) is -0.0578. The third-order valence-electron chi connectivity index (χ3n) is 3.19. The highest BCUT2D eigenvalue weighted by Crippen LogP contribution is 2.38. The number of anilines is 1. The summed E-state index contributed by atoms with van der Waals surface area (Å²) in [4.78, 5) is 22.8. The van der Waals surface area contributed by atoms with Crippen molar-refractivity contribution in [1.82, 2.24) is 5.48 Å². The number of hydrogen-bond acceptors (Lipinski definition) is 3. The summed E-state index contributed by atoms with van der Waals surface area (Å²) in [5.41, 5.74) is 2.89. The minimum Gasteiger partial charge on any atom is -0.325 e. The SMILES string of the molecule is C[C@H]1CC1C(=O)Nc1ccccc1/C=C/C(=O)NO. The zero-order chi connectivity index (χ0) is 13.8. The van der Waals surface area contributed by atoms with E-state index in [1.54, 1.807) is 12.1 Å². The van der Waals surface area contributed by atoms with Gasteiger partial charge in [-0.1, -0.05) is 25.1 Å². The van der Waals surface area contributed by atoms with Crippen LogP contribution in [0.3, 0.4) is 0 Å². The number of hydroxylamine groups is 1. The number of rotatable bonds is 4. The molecule has 1 fully saturated rings. The largest absolute Gasteiger partial charge is 0.325 e. The molecule has 1 saturated carbocycles. The molecule has 0 aromatic heterocycles. The molecule has 5 heteroatoms. The van der Waals surface area contributed by atoms with Gasteiger partial charge in [-0.3, -0.25) is 14.8 Å². The van der Waals surface area contributed by atoms with Crippen LogP contribution in [0.1, 0.15) is 18.9 Å². The normalized spacial score (nSPS) is 21.2. The van der Waals surface area contributed by atoms with Crippen molar-refractivity contribution >= 4 is 23.6 Å². The van der Waals surface area contributed by atoms with Gasteiger partial charge in [-0.05, 0) is 30.0 Å². The second-order valence-electron chi connectivity index (χ2n) is 4.71. The van der Waals surface area contributed by atoms with E-state index in [-0.39, 0.29) is 11.8 Å². The van der Waals surface area contributed by atoms with Crippen LogP contribution in [0.4, 0.5) is 5.69 Å². The molecule has 5 nitrogen and oxygen atoms in total. The molecule has 0 radical (unpaired) electrons. The van der Waals surface area contributed by atoms with Gasteiger partial charge in [0.1, 0.15) is 0 Å². The lowest BCUT2D eigenvalue weighted by atomic mass is 10.1. The van der Waals surface area contributed by atoms with E-state index in [0.717, 1.165) is 6.42 Å². The van der Waals surface area contributed by atoms with Gasteiger partial charge in [0.2, 0.25) is 5.91 Å². The van der Waals surface area contributed by atoms with Crippen LogP contribution in [-0.2, 0) is 9.59 Å². The van der Waals surface area contributed by atoms with Gasteiger partial charge >= 0.3 is 0 Å². The molecular formula is C14H16N2O3. The van der Waals surface area contributed by atoms with Crippen molar-refractivity contribution in [3.05, 3.63) is 35.9 Å². The first-order chi connectivity index (χ1) is 9.11. The summed E-state index contributed by atoms with van der Waals surface area (Å²) >= 11 is 0. The number of amides is 2. The Morgan fingerprint density at radius 3 is 2.68 bits per heavy atom. The van der Waals surface area contributed by atoms with Crippen LogP contribution in [-0.4, -0.2) is 17.0 Å². The molecule has 0 bridgehead atoms. The lowest BCUT2D eigenvalue weighted by molar-refractivity contribution is -0.124. The molecule has 2 amide bonds. The fraction of sp³-hybridized carbons (Fsp3) is 0.286. The van der Waals surface area contributed by atoms with Gasteiger partial charge in [0.05, 0.1) is 0 Å². The number of benzene rings is 1. The summed E-state index contributed by atoms with van der Waals surface area (Å²) < 4.78 is 0. The van der Waals surface area contributed by atoms with Crippen molar-refractivity contribution in [2.75, 3.05) is 5.32 Å². The number of para-hydroxylation sites is 1. The third-order valence-corrected chi connectivity index (χ3v) is 3.19. The lowest BCUT2D eigenvalue weighted by Crippen LogP contribution is -2.16. The molecule has 0 saturated heterocycles. The van der Waals surface area contributed by atoms with Crippen LogP contribution >= 0.6 is 0 Å². The van der Waals surface area contributed by atoms with Crippen LogP contribution in [0.25, 0.3) is 6.08 Å². The smallest absolute Gasteiger partial charge is 0.267 e. The zero-order valence-electron chi connectivity index (χ0n) is 10.6. The van der Waals surface area contributed by atoms with Crippen molar-refractivity contribution in [2.45, 2.75) is 13.3 Å². The molecule has 1 unspecified atom stereocenters. The molecule has 3 N–H and O–H groups in total. The van der Waals surface area contributed by atoms with Gasteiger partial charge in [-0.2, -0.15) is 0 Å². The first kappa shape index (κ1) is 13.3. The standard InChI is InChI=1S/C14H16N2O3/c1-9-8-11(9)14(18)15-12-5-3-2-4-10(12)6-7-13(17)16-19/h2-7,9,11,19H,8H2,1H3,(H,15,18)(H,16,17)/b7-6+/t9-,11?/m0/s1. The van der Waals surface area contributed by atoms with Crippen LogP contribution in [0.5, 0.6) is 0 Å². The number of hydrogen-bond donors (Lipinski definition) is 3. The molecule has 1 aromatic carbocycles. The Morgan fingerprint density at radius 1 is 1.37 bits per heavy atom. The number of carbonyl (C=O) groups is 2. The van der Waals surface area contributed by atoms with Crippen molar-refractivity contribution in [3.63, 3.8) is 0 Å². The first-order valence-corrected chi connectivity index (χ1v) is 6.14. The molecule has 2 atom stereocenters. The van der Waals surface area contributed by atoms with Crippen LogP contribution in [0, 0.1) is 11.8 Å². The van der Waals surface area contributed by atoms with Gasteiger partial charge in [0.25, 0.3) is 5.91 Å². The summed E-state index contributed by atoms with van der Waals surface area (Å²) in [6.45, 7) is 2.04. The summed E-state index contributed by atoms with van der Waals surface area (Å²) in [6, 6.07) is 7.19. The highest BCUT2D eigenvalue weighted by atomic mass is 16.5. The zero-order valence-corrected chi connectivity index (χ0v) is 10.6. The second-order valence-corrected chi connectivity index (χ2v) is 4.71. The summed E-state index contributed by atoms with van der Waals surface area (Å²) in [7, 11) is 0. The first-order valence-electron chi connectivity index (χ1n) is 6.14. The molecule has 1 aliphatic carbocycles. The van der Waals surface area contributed by atoms with E-state index in [2.05, 4.69) is 5.32 Å². The second kappa shape index (κ2) is 5.67. The van der Waals surface area contributed by atoms with Crippen molar-refractivity contribution < 1.29 is 14.8 Å². The minimum atomic E-state index is -0.614. The minimum absolute atomic E-state index is 0.0139. The predicted octanol–water partition coefficient (Wildman–Crippen LogP) is 1.80. The Balaban J connectivity index is 2.10. The van der Waals surface area contributed by atoms with E-state index >= 15 is 0 Å². The van der Waals surface area contributed by atoms with Gasteiger partial charge in [-0.15, -0.1) is 0 Å². The van der Waals surface area contributed by atoms with Gasteiger partial charge < -0.3 is 5.32 Å². The topological polar surface area (TPSA) is 78.4 Å². The monoisotopic (exact) mass is 260 g/mol. The van der Waals surface area contributed by atoms with Crippen molar-refractivity contribution in [2.24, 2.45) is 11.8 Å². The van der Waals surface area contributed by atoms with E-state index < -0.39 is 5.91 Å². The molecule has 2 rings (SSSR count). The predicted molar refractivity (Wildman–Crippen MR) is 71.3 cm³/mol. The van der Waals surface area contributed by atoms with E-state index in [1.807, 2.05) is 19.1 Å². The van der Waals surface area contributed by atoms with Crippen LogP contribution in [0.15, 0.2) is 30.3 Å². The van der Waals surface area contributed by atoms with E-state index in [0.29, 0.717) is 17.2 Å². The molecular weight excluding hydrogens is 244 g/mol. The molecule has 1 aliphatic rings. The molecule has 100 valence electrons. The maximum atomic E-state index is 11.9. The lowest BCUT2D eigenvalue weighted by Gasteiger charge is -2.07. The van der Waals surface area contributed by atoms with E-state index in [4.69, 9.17) is 5.21 Å². The van der Waals surface area contributed by atoms with Crippen molar-refractivity contribution in [1.29, 1.82) is 0 Å². The number of nitrogens with one attached hydrogen (secondary N) is 2. The molecule has 0 heterocycles. The average Bonchev–Trinajstić information content (AvgIpc) is 3.14. The Hall–Kier alpha value is -2.14. The summed E-state index contributed by atoms with van der Waals surface area (Å²) in [5, 5.41) is 11.3. The Bertz CT molecular complexity index is 525. The quantitative estimate of drug-likeness (QED) is 0.439. The maximum Gasteiger partial charge on any atom is 0.267 e. The highest BCUT2D eigenvalue weighted by molar-refractivity contribution is 5.97. The van der Waals surface area contributed by atoms with Crippen molar-refractivity contribution in [3.8, 4) is 0 Å². The van der Waals surface area contributed by atoms with Crippen LogP contribution in [0.2, 0.25) is 0 Å².